The summed E-state index contributed by atoms with van der Waals surface area (Å²) in [4.78, 5) is 37.9. The number of nitrogens with zero attached hydrogens (tertiary/aromatic N) is 2. The van der Waals surface area contributed by atoms with Crippen LogP contribution in [0.4, 0.5) is 23.2 Å². The Hall–Kier alpha value is -2.73. The lowest BCUT2D eigenvalue weighted by Crippen LogP contribution is -2.36. The summed E-state index contributed by atoms with van der Waals surface area (Å²) in [5.41, 5.74) is -6.04. The van der Waals surface area contributed by atoms with E-state index in [4.69, 9.17) is 16.5 Å². The molecule has 1 aliphatic heterocycles. The van der Waals surface area contributed by atoms with Crippen molar-refractivity contribution in [3.05, 3.63) is 62.7 Å². The van der Waals surface area contributed by atoms with Crippen LogP contribution < -0.4 is 15.7 Å². The summed E-state index contributed by atoms with van der Waals surface area (Å²) in [5, 5.41) is 0. The van der Waals surface area contributed by atoms with Gasteiger partial charge in [-0.3, -0.25) is 4.79 Å². The van der Waals surface area contributed by atoms with Gasteiger partial charge in [0.15, 0.2) is 0 Å². The number of aromatic amines is 1. The molecule has 0 amide bonds. The van der Waals surface area contributed by atoms with Crippen LogP contribution in [-0.4, -0.2) is 21.1 Å². The van der Waals surface area contributed by atoms with Crippen LogP contribution in [0.5, 0.6) is 0 Å². The molecule has 1 unspecified atom stereocenters. The van der Waals surface area contributed by atoms with Crippen LogP contribution in [0.25, 0.3) is 5.69 Å². The van der Waals surface area contributed by atoms with Crippen LogP contribution in [0.3, 0.4) is 0 Å². The SMILES string of the molecule is C=C(CC)C(=O)OC1Sc2c(ccc(F)c2-n2c(=O)cc(C(F)(F)F)[nH]c2=O)N1Cl. The van der Waals surface area contributed by atoms with E-state index in [9.17, 15) is 31.9 Å². The Morgan fingerprint density at radius 3 is 2.60 bits per heavy atom. The maximum atomic E-state index is 14.6. The van der Waals surface area contributed by atoms with E-state index in [1.165, 1.54) is 11.1 Å². The number of fused-ring (bicyclic) bond motifs is 1. The van der Waals surface area contributed by atoms with Gasteiger partial charge in [-0.15, -0.1) is 0 Å². The summed E-state index contributed by atoms with van der Waals surface area (Å²) < 4.78 is 59.4. The molecule has 7 nitrogen and oxygen atoms in total. The third-order valence-corrected chi connectivity index (χ3v) is 5.70. The molecule has 1 N–H and O–H groups in total. The van der Waals surface area contributed by atoms with Gasteiger partial charge in [-0.05, 0) is 18.6 Å². The second-order valence-corrected chi connectivity index (χ2v) is 7.41. The van der Waals surface area contributed by atoms with Crippen molar-refractivity contribution in [2.24, 2.45) is 0 Å². The average Bonchev–Trinajstić information content (AvgIpc) is 2.97. The maximum Gasteiger partial charge on any atom is 0.431 e. The molecule has 30 heavy (non-hydrogen) atoms. The van der Waals surface area contributed by atoms with Gasteiger partial charge in [-0.25, -0.2) is 23.0 Å². The second-order valence-electron chi connectivity index (χ2n) is 6.00. The van der Waals surface area contributed by atoms with Gasteiger partial charge in [0.25, 0.3) is 5.56 Å². The number of hydrogen-bond acceptors (Lipinski definition) is 6. The van der Waals surface area contributed by atoms with Crippen LogP contribution in [0.1, 0.15) is 19.0 Å². The minimum atomic E-state index is -4.97. The number of rotatable bonds is 4. The van der Waals surface area contributed by atoms with E-state index in [1.54, 1.807) is 6.92 Å². The van der Waals surface area contributed by atoms with E-state index in [0.29, 0.717) is 18.2 Å². The summed E-state index contributed by atoms with van der Waals surface area (Å²) >= 11 is 6.84. The number of alkyl halides is 3. The first-order valence-corrected chi connectivity index (χ1v) is 9.44. The number of ether oxygens (including phenoxy) is 1. The minimum absolute atomic E-state index is 0.0720. The molecule has 0 saturated heterocycles. The van der Waals surface area contributed by atoms with Gasteiger partial charge in [-0.1, -0.05) is 25.3 Å². The quantitative estimate of drug-likeness (QED) is 0.322. The first-order valence-electron chi connectivity index (χ1n) is 8.22. The number of halogens is 5. The van der Waals surface area contributed by atoms with E-state index in [-0.39, 0.29) is 26.8 Å². The average molecular weight is 466 g/mol. The smallest absolute Gasteiger partial charge is 0.427 e. The van der Waals surface area contributed by atoms with E-state index >= 15 is 0 Å². The fourth-order valence-corrected chi connectivity index (χ4v) is 4.02. The van der Waals surface area contributed by atoms with Crippen LogP contribution in [0.2, 0.25) is 0 Å². The molecule has 2 heterocycles. The Kier molecular flexibility index (Phi) is 5.74. The molecular formula is C17H12ClF4N3O4S. The van der Waals surface area contributed by atoms with Gasteiger partial charge < -0.3 is 9.72 Å². The van der Waals surface area contributed by atoms with Crippen LogP contribution in [0.15, 0.2) is 44.8 Å². The Morgan fingerprint density at radius 1 is 1.37 bits per heavy atom. The van der Waals surface area contributed by atoms with Crippen molar-refractivity contribution in [2.45, 2.75) is 30.0 Å². The normalized spacial score (nSPS) is 15.8. The van der Waals surface area contributed by atoms with Gasteiger partial charge >= 0.3 is 17.8 Å². The highest BCUT2D eigenvalue weighted by Crippen LogP contribution is 2.48. The Bertz CT molecular complexity index is 1130. The number of hydrogen-bond donors (Lipinski definition) is 1. The van der Waals surface area contributed by atoms with Crippen molar-refractivity contribution in [2.75, 3.05) is 4.42 Å². The van der Waals surface area contributed by atoms with Crippen molar-refractivity contribution in [1.82, 2.24) is 9.55 Å². The number of esters is 1. The second kappa shape index (κ2) is 7.84. The summed E-state index contributed by atoms with van der Waals surface area (Å²) in [5.74, 6) is -1.83. The highest BCUT2D eigenvalue weighted by molar-refractivity contribution is 8.00. The number of aromatic nitrogens is 2. The topological polar surface area (TPSA) is 84.4 Å². The molecule has 0 radical (unpaired) electrons. The lowest BCUT2D eigenvalue weighted by molar-refractivity contribution is -0.141. The molecule has 0 spiro atoms. The predicted octanol–water partition coefficient (Wildman–Crippen LogP) is 3.54. The zero-order chi connectivity index (χ0) is 22.4. The molecule has 1 atom stereocenters. The molecule has 1 aliphatic rings. The van der Waals surface area contributed by atoms with Crippen LogP contribution in [-0.2, 0) is 15.7 Å². The first-order chi connectivity index (χ1) is 14.0. The number of H-pyrrole nitrogens is 1. The molecule has 1 aromatic carbocycles. The fourth-order valence-electron chi connectivity index (χ4n) is 2.54. The van der Waals surface area contributed by atoms with Gasteiger partial charge in [0.2, 0.25) is 5.56 Å². The minimum Gasteiger partial charge on any atom is -0.427 e. The van der Waals surface area contributed by atoms with E-state index in [1.807, 2.05) is 0 Å². The number of benzene rings is 1. The van der Waals surface area contributed by atoms with Crippen molar-refractivity contribution in [3.63, 3.8) is 0 Å². The monoisotopic (exact) mass is 465 g/mol. The fraction of sp³-hybridized carbons (Fsp3) is 0.235. The lowest BCUT2D eigenvalue weighted by Gasteiger charge is -2.18. The summed E-state index contributed by atoms with van der Waals surface area (Å²) in [6.45, 7) is 5.21. The van der Waals surface area contributed by atoms with Gasteiger partial charge in [0.05, 0.1) is 10.6 Å². The molecule has 0 saturated carbocycles. The highest BCUT2D eigenvalue weighted by atomic mass is 35.5. The van der Waals surface area contributed by atoms with Gasteiger partial charge in [-0.2, -0.15) is 13.2 Å². The third-order valence-electron chi connectivity index (χ3n) is 4.08. The number of nitrogens with one attached hydrogen (secondary N) is 1. The molecule has 0 aliphatic carbocycles. The molecule has 2 aromatic rings. The van der Waals surface area contributed by atoms with Crippen molar-refractivity contribution < 1.29 is 27.1 Å². The van der Waals surface area contributed by atoms with E-state index in [0.717, 1.165) is 10.5 Å². The van der Waals surface area contributed by atoms with E-state index in [2.05, 4.69) is 6.58 Å². The molecule has 13 heteroatoms. The maximum absolute atomic E-state index is 14.6. The standard InChI is InChI=1S/C17H12ClF4N3O4S/c1-3-7(2)14(27)29-16-25(18)9-5-4-8(19)12(13(9)30-16)24-11(26)6-10(17(20,21)22)23-15(24)28/h4-6,16H,2-3H2,1H3,(H,23,28). The summed E-state index contributed by atoms with van der Waals surface area (Å²) in [7, 11) is 0. The molecule has 3 rings (SSSR count). The summed E-state index contributed by atoms with van der Waals surface area (Å²) in [6, 6.07) is 2.23. The van der Waals surface area contributed by atoms with Crippen LogP contribution in [0, 0.1) is 5.82 Å². The predicted molar refractivity (Wildman–Crippen MR) is 101 cm³/mol. The van der Waals surface area contributed by atoms with Crippen molar-refractivity contribution in [1.29, 1.82) is 0 Å². The number of carbonyl (C=O) groups is 1. The largest absolute Gasteiger partial charge is 0.431 e. The van der Waals surface area contributed by atoms with Crippen molar-refractivity contribution >= 4 is 35.2 Å². The van der Waals surface area contributed by atoms with E-state index < -0.39 is 46.2 Å². The molecule has 0 bridgehead atoms. The number of thioether (sulfide) groups is 1. The number of anilines is 1. The zero-order valence-electron chi connectivity index (χ0n) is 15.0. The Morgan fingerprint density at radius 2 is 2.03 bits per heavy atom. The molecule has 0 fully saturated rings. The Balaban J connectivity index is 2.10. The molecule has 1 aromatic heterocycles. The zero-order valence-corrected chi connectivity index (χ0v) is 16.6. The Labute approximate surface area is 175 Å². The molecule has 160 valence electrons. The van der Waals surface area contributed by atoms with Gasteiger partial charge in [0, 0.05) is 23.4 Å². The van der Waals surface area contributed by atoms with Crippen molar-refractivity contribution in [3.8, 4) is 5.69 Å². The van der Waals surface area contributed by atoms with Crippen LogP contribution >= 0.6 is 23.5 Å². The number of carbonyl (C=O) groups excluding carboxylic acids is 1. The lowest BCUT2D eigenvalue weighted by atomic mass is 10.2. The third kappa shape index (κ3) is 3.84. The highest BCUT2D eigenvalue weighted by Gasteiger charge is 2.38. The van der Waals surface area contributed by atoms with Gasteiger partial charge in [0.1, 0.15) is 17.2 Å². The molecular weight excluding hydrogens is 454 g/mol. The first kappa shape index (κ1) is 22.0. The summed E-state index contributed by atoms with van der Waals surface area (Å²) in [6.07, 6.45) is -4.67.